The van der Waals surface area contributed by atoms with Crippen molar-refractivity contribution in [2.75, 3.05) is 23.1 Å². The van der Waals surface area contributed by atoms with Crippen LogP contribution in [0.1, 0.15) is 30.1 Å². The fourth-order valence-electron chi connectivity index (χ4n) is 3.38. The Kier molecular flexibility index (Phi) is 4.74. The van der Waals surface area contributed by atoms with Crippen molar-refractivity contribution < 1.29 is 22.8 Å². The first-order valence-electron chi connectivity index (χ1n) is 8.46. The van der Waals surface area contributed by atoms with Crippen molar-refractivity contribution in [2.24, 2.45) is 17.6 Å². The van der Waals surface area contributed by atoms with Crippen LogP contribution in [0.4, 0.5) is 5.69 Å². The van der Waals surface area contributed by atoms with Gasteiger partial charge in [0.05, 0.1) is 17.4 Å². The van der Waals surface area contributed by atoms with Crippen LogP contribution < -0.4 is 10.0 Å². The zero-order valence-electron chi connectivity index (χ0n) is 14.4. The topological polar surface area (TPSA) is 118 Å². The molecule has 2 N–H and O–H groups in total. The summed E-state index contributed by atoms with van der Waals surface area (Å²) in [5, 5.41) is 0. The van der Waals surface area contributed by atoms with Gasteiger partial charge in [-0.15, -0.1) is 0 Å². The number of sulfonamides is 1. The van der Waals surface area contributed by atoms with Gasteiger partial charge in [-0.25, -0.2) is 12.7 Å². The summed E-state index contributed by atoms with van der Waals surface area (Å²) in [6, 6.07) is 5.97. The summed E-state index contributed by atoms with van der Waals surface area (Å²) in [5.41, 5.74) is 5.94. The van der Waals surface area contributed by atoms with Gasteiger partial charge in [-0.3, -0.25) is 14.4 Å². The Hall–Kier alpha value is -2.42. The first-order valence-corrected chi connectivity index (χ1v) is 10.1. The lowest BCUT2D eigenvalue weighted by molar-refractivity contribution is -0.123. The zero-order chi connectivity index (χ0) is 19.1. The highest BCUT2D eigenvalue weighted by Gasteiger charge is 2.42. The van der Waals surface area contributed by atoms with Crippen LogP contribution in [-0.4, -0.2) is 49.9 Å². The van der Waals surface area contributed by atoms with Gasteiger partial charge < -0.3 is 10.6 Å². The molecule has 1 aromatic rings. The molecule has 2 aliphatic rings. The zero-order valence-corrected chi connectivity index (χ0v) is 15.2. The van der Waals surface area contributed by atoms with E-state index >= 15 is 0 Å². The van der Waals surface area contributed by atoms with Gasteiger partial charge in [0, 0.05) is 24.6 Å². The van der Waals surface area contributed by atoms with Gasteiger partial charge >= 0.3 is 0 Å². The number of nitrogens with zero attached hydrogens (tertiary/aromatic N) is 2. The molecule has 0 aliphatic carbocycles. The van der Waals surface area contributed by atoms with Crippen molar-refractivity contribution in [3.8, 4) is 0 Å². The standard InChI is InChI=1S/C17H21N3O5S/c1-11-10-26(24,25)20(16(11)22)14-4-2-13(3-5-14)17(23)19-8-6-12(7-9-19)15(18)21/h2-5,11-12H,6-10H2,1H3,(H2,18,21). The van der Waals surface area contributed by atoms with Crippen LogP contribution in [0.25, 0.3) is 0 Å². The van der Waals surface area contributed by atoms with Crippen molar-refractivity contribution in [3.63, 3.8) is 0 Å². The van der Waals surface area contributed by atoms with E-state index in [1.807, 2.05) is 0 Å². The number of hydrogen-bond donors (Lipinski definition) is 1. The summed E-state index contributed by atoms with van der Waals surface area (Å²) in [4.78, 5) is 37.5. The summed E-state index contributed by atoms with van der Waals surface area (Å²) in [5.74, 6) is -1.97. The third-order valence-corrected chi connectivity index (χ3v) is 6.76. The van der Waals surface area contributed by atoms with E-state index in [4.69, 9.17) is 5.73 Å². The van der Waals surface area contributed by atoms with Crippen molar-refractivity contribution in [2.45, 2.75) is 19.8 Å². The first kappa shape index (κ1) is 18.4. The van der Waals surface area contributed by atoms with Crippen LogP contribution in [-0.2, 0) is 19.6 Å². The second-order valence-electron chi connectivity index (χ2n) is 6.80. The normalized spacial score (nSPS) is 23.3. The molecule has 3 amide bonds. The number of amides is 3. The Balaban J connectivity index is 1.73. The SMILES string of the molecule is CC1CS(=O)(=O)N(c2ccc(C(=O)N3CCC(C(N)=O)CC3)cc2)C1=O. The number of carbonyl (C=O) groups excluding carboxylic acids is 3. The number of carbonyl (C=O) groups is 3. The maximum Gasteiger partial charge on any atom is 0.253 e. The minimum Gasteiger partial charge on any atom is -0.369 e. The van der Waals surface area contributed by atoms with Gasteiger partial charge in [-0.1, -0.05) is 6.92 Å². The monoisotopic (exact) mass is 379 g/mol. The number of nitrogens with two attached hydrogens (primary N) is 1. The van der Waals surface area contributed by atoms with E-state index in [9.17, 15) is 22.8 Å². The molecule has 1 atom stereocenters. The molecule has 2 fully saturated rings. The molecule has 2 saturated heterocycles. The van der Waals surface area contributed by atoms with Crippen molar-refractivity contribution in [3.05, 3.63) is 29.8 Å². The average Bonchev–Trinajstić information content (AvgIpc) is 2.81. The first-order chi connectivity index (χ1) is 12.2. The molecule has 8 nitrogen and oxygen atoms in total. The third kappa shape index (κ3) is 3.31. The van der Waals surface area contributed by atoms with Crippen LogP contribution in [0, 0.1) is 11.8 Å². The number of hydrogen-bond acceptors (Lipinski definition) is 5. The number of likely N-dealkylation sites (tertiary alicyclic amines) is 1. The lowest BCUT2D eigenvalue weighted by Gasteiger charge is -2.30. The predicted octanol–water partition coefficient (Wildman–Crippen LogP) is 0.337. The number of piperidine rings is 1. The van der Waals surface area contributed by atoms with Crippen molar-refractivity contribution in [1.29, 1.82) is 0 Å². The molecule has 0 bridgehead atoms. The average molecular weight is 379 g/mol. The minimum atomic E-state index is -3.66. The lowest BCUT2D eigenvalue weighted by atomic mass is 9.96. The van der Waals surface area contributed by atoms with E-state index in [2.05, 4.69) is 0 Å². The molecule has 0 saturated carbocycles. The van der Waals surface area contributed by atoms with Crippen LogP contribution in [0.5, 0.6) is 0 Å². The van der Waals surface area contributed by atoms with Crippen LogP contribution >= 0.6 is 0 Å². The largest absolute Gasteiger partial charge is 0.369 e. The molecule has 140 valence electrons. The quantitative estimate of drug-likeness (QED) is 0.812. The molecule has 0 spiro atoms. The molecule has 1 unspecified atom stereocenters. The van der Waals surface area contributed by atoms with Gasteiger partial charge in [-0.2, -0.15) is 0 Å². The van der Waals surface area contributed by atoms with E-state index in [0.29, 0.717) is 31.5 Å². The molecule has 9 heteroatoms. The third-order valence-electron chi connectivity index (χ3n) is 4.89. The molecule has 1 aromatic carbocycles. The Labute approximate surface area is 152 Å². The molecule has 3 rings (SSSR count). The maximum absolute atomic E-state index is 12.6. The van der Waals surface area contributed by atoms with Gasteiger partial charge in [-0.05, 0) is 37.1 Å². The number of benzene rings is 1. The minimum absolute atomic E-state index is 0.191. The Morgan fingerprint density at radius 2 is 1.69 bits per heavy atom. The van der Waals surface area contributed by atoms with Gasteiger partial charge in [0.2, 0.25) is 21.8 Å². The van der Waals surface area contributed by atoms with Crippen molar-refractivity contribution >= 4 is 33.4 Å². The van der Waals surface area contributed by atoms with Crippen LogP contribution in [0.15, 0.2) is 24.3 Å². The second-order valence-corrected chi connectivity index (χ2v) is 8.66. The summed E-state index contributed by atoms with van der Waals surface area (Å²) >= 11 is 0. The van der Waals surface area contributed by atoms with E-state index in [1.165, 1.54) is 24.3 Å². The van der Waals surface area contributed by atoms with Crippen LogP contribution in [0.2, 0.25) is 0 Å². The van der Waals surface area contributed by atoms with Gasteiger partial charge in [0.1, 0.15) is 0 Å². The highest BCUT2D eigenvalue weighted by atomic mass is 32.2. The van der Waals surface area contributed by atoms with E-state index in [-0.39, 0.29) is 29.2 Å². The lowest BCUT2D eigenvalue weighted by Crippen LogP contribution is -2.41. The highest BCUT2D eigenvalue weighted by molar-refractivity contribution is 7.94. The van der Waals surface area contributed by atoms with E-state index in [1.54, 1.807) is 11.8 Å². The molecular weight excluding hydrogens is 358 g/mol. The Morgan fingerprint density at radius 3 is 2.15 bits per heavy atom. The van der Waals surface area contributed by atoms with Crippen LogP contribution in [0.3, 0.4) is 0 Å². The Bertz CT molecular complexity index is 842. The number of rotatable bonds is 3. The molecule has 26 heavy (non-hydrogen) atoms. The van der Waals surface area contributed by atoms with Gasteiger partial charge in [0.25, 0.3) is 5.91 Å². The second kappa shape index (κ2) is 6.71. The number of primary amides is 1. The maximum atomic E-state index is 12.6. The summed E-state index contributed by atoms with van der Waals surface area (Å²) in [6.07, 6.45) is 1.08. The molecule has 2 heterocycles. The summed E-state index contributed by atoms with van der Waals surface area (Å²) in [7, 11) is -3.66. The van der Waals surface area contributed by atoms with E-state index < -0.39 is 21.8 Å². The predicted molar refractivity (Wildman–Crippen MR) is 94.7 cm³/mol. The fraction of sp³-hybridized carbons (Fsp3) is 0.471. The smallest absolute Gasteiger partial charge is 0.253 e. The molecule has 0 aromatic heterocycles. The molecule has 0 radical (unpaired) electrons. The molecule has 2 aliphatic heterocycles. The number of anilines is 1. The van der Waals surface area contributed by atoms with Gasteiger partial charge in [0.15, 0.2) is 0 Å². The Morgan fingerprint density at radius 1 is 1.12 bits per heavy atom. The molecular formula is C17H21N3O5S. The highest BCUT2D eigenvalue weighted by Crippen LogP contribution is 2.28. The summed E-state index contributed by atoms with van der Waals surface area (Å²) in [6.45, 7) is 2.48. The fourth-order valence-corrected chi connectivity index (χ4v) is 5.20. The van der Waals surface area contributed by atoms with E-state index in [0.717, 1.165) is 4.31 Å². The van der Waals surface area contributed by atoms with Crippen molar-refractivity contribution in [1.82, 2.24) is 4.90 Å². The summed E-state index contributed by atoms with van der Waals surface area (Å²) < 4.78 is 25.1.